The monoisotopic (exact) mass is 410 g/mol. The average molecular weight is 411 g/mol. The van der Waals surface area contributed by atoms with Gasteiger partial charge in [-0.15, -0.1) is 11.3 Å². The van der Waals surface area contributed by atoms with Crippen LogP contribution in [0.15, 0.2) is 22.4 Å². The van der Waals surface area contributed by atoms with Gasteiger partial charge < -0.3 is 4.74 Å². The Morgan fingerprint density at radius 1 is 1.19 bits per heavy atom. The molecular weight excluding hydrogens is 384 g/mol. The van der Waals surface area contributed by atoms with Crippen molar-refractivity contribution in [3.8, 4) is 0 Å². The van der Waals surface area contributed by atoms with Gasteiger partial charge in [0.05, 0.1) is 18.0 Å². The van der Waals surface area contributed by atoms with E-state index in [9.17, 15) is 13.2 Å². The van der Waals surface area contributed by atoms with Crippen LogP contribution in [0.5, 0.6) is 0 Å². The molecule has 0 atom stereocenters. The predicted octanol–water partition coefficient (Wildman–Crippen LogP) is 3.85. The molecule has 0 amide bonds. The molecule has 1 aromatic heterocycles. The number of esters is 1. The molecule has 0 aliphatic rings. The maximum Gasteiger partial charge on any atom is 0.357 e. The fourth-order valence-corrected chi connectivity index (χ4v) is 5.83. The van der Waals surface area contributed by atoms with Crippen molar-refractivity contribution in [1.82, 2.24) is 9.29 Å². The number of nitrogens with zero attached hydrogens (tertiary/aromatic N) is 2. The molecule has 6 nitrogen and oxygen atoms in total. The van der Waals surface area contributed by atoms with E-state index in [0.29, 0.717) is 22.9 Å². The molecule has 1 aromatic carbocycles. The number of sulfonamides is 1. The van der Waals surface area contributed by atoms with Crippen molar-refractivity contribution in [3.63, 3.8) is 0 Å². The first kappa shape index (κ1) is 21.5. The first-order chi connectivity index (χ1) is 12.7. The second-order valence-corrected chi connectivity index (χ2v) is 9.23. The summed E-state index contributed by atoms with van der Waals surface area (Å²) < 4.78 is 33.1. The maximum absolute atomic E-state index is 13.3. The van der Waals surface area contributed by atoms with Gasteiger partial charge in [-0.05, 0) is 45.2 Å². The molecule has 0 saturated carbocycles. The Kier molecular flexibility index (Phi) is 7.13. The molecule has 2 aromatic rings. The van der Waals surface area contributed by atoms with Crippen LogP contribution in [0, 0.1) is 20.8 Å². The van der Waals surface area contributed by atoms with E-state index in [0.717, 1.165) is 16.7 Å². The van der Waals surface area contributed by atoms with Crippen LogP contribution in [0.2, 0.25) is 0 Å². The number of benzene rings is 1. The van der Waals surface area contributed by atoms with E-state index in [4.69, 9.17) is 4.74 Å². The highest BCUT2D eigenvalue weighted by Gasteiger charge is 2.28. The number of rotatable bonds is 8. The van der Waals surface area contributed by atoms with Crippen LogP contribution in [-0.2, 0) is 21.3 Å². The number of hydrogen-bond acceptors (Lipinski definition) is 6. The van der Waals surface area contributed by atoms with Gasteiger partial charge >= 0.3 is 5.97 Å². The van der Waals surface area contributed by atoms with E-state index in [2.05, 4.69) is 4.98 Å². The van der Waals surface area contributed by atoms with E-state index in [1.54, 1.807) is 12.3 Å². The molecule has 0 spiro atoms. The Hall–Kier alpha value is -1.77. The number of aryl methyl sites for hydroxylation is 3. The third-order valence-corrected chi connectivity index (χ3v) is 7.01. The van der Waals surface area contributed by atoms with Gasteiger partial charge in [0.15, 0.2) is 5.69 Å². The summed E-state index contributed by atoms with van der Waals surface area (Å²) in [5, 5.41) is 2.17. The van der Waals surface area contributed by atoms with Gasteiger partial charge in [0, 0.05) is 11.9 Å². The summed E-state index contributed by atoms with van der Waals surface area (Å²) in [4.78, 5) is 16.4. The summed E-state index contributed by atoms with van der Waals surface area (Å²) in [7, 11) is -3.68. The maximum atomic E-state index is 13.3. The summed E-state index contributed by atoms with van der Waals surface area (Å²) in [6.45, 7) is 10.0. The lowest BCUT2D eigenvalue weighted by Crippen LogP contribution is -2.32. The van der Waals surface area contributed by atoms with Crippen molar-refractivity contribution in [2.45, 2.75) is 52.5 Å². The molecule has 0 bridgehead atoms. The van der Waals surface area contributed by atoms with Crippen LogP contribution in [0.3, 0.4) is 0 Å². The number of hydrogen-bond donors (Lipinski definition) is 0. The van der Waals surface area contributed by atoms with Crippen LogP contribution < -0.4 is 0 Å². The molecule has 27 heavy (non-hydrogen) atoms. The predicted molar refractivity (Wildman–Crippen MR) is 107 cm³/mol. The first-order valence-corrected chi connectivity index (χ1v) is 11.2. The fraction of sp³-hybridized carbons (Fsp3) is 0.474. The van der Waals surface area contributed by atoms with Crippen molar-refractivity contribution in [2.24, 2.45) is 0 Å². The zero-order chi connectivity index (χ0) is 20.2. The van der Waals surface area contributed by atoms with Gasteiger partial charge in [-0.25, -0.2) is 18.2 Å². The van der Waals surface area contributed by atoms with Crippen molar-refractivity contribution in [1.29, 1.82) is 0 Å². The molecule has 0 aliphatic heterocycles. The highest BCUT2D eigenvalue weighted by molar-refractivity contribution is 7.89. The Balaban J connectivity index is 2.36. The molecule has 0 radical (unpaired) electrons. The highest BCUT2D eigenvalue weighted by Crippen LogP contribution is 2.27. The van der Waals surface area contributed by atoms with Crippen molar-refractivity contribution in [2.75, 3.05) is 13.2 Å². The van der Waals surface area contributed by atoms with Gasteiger partial charge in [-0.1, -0.05) is 24.6 Å². The number of carbonyl (C=O) groups excluding carboxylic acids is 1. The topological polar surface area (TPSA) is 76.6 Å². The van der Waals surface area contributed by atoms with E-state index in [-0.39, 0.29) is 18.8 Å². The summed E-state index contributed by atoms with van der Waals surface area (Å²) in [5.74, 6) is -0.491. The van der Waals surface area contributed by atoms with Crippen molar-refractivity contribution in [3.05, 3.63) is 44.9 Å². The Bertz CT molecular complexity index is 897. The summed E-state index contributed by atoms with van der Waals surface area (Å²) in [6.07, 6.45) is 0.680. The molecule has 2 rings (SSSR count). The van der Waals surface area contributed by atoms with Gasteiger partial charge in [0.1, 0.15) is 5.01 Å². The van der Waals surface area contributed by atoms with Crippen molar-refractivity contribution < 1.29 is 17.9 Å². The van der Waals surface area contributed by atoms with Gasteiger partial charge in [-0.2, -0.15) is 4.31 Å². The molecule has 0 fully saturated rings. The second kappa shape index (κ2) is 8.95. The average Bonchev–Trinajstić information content (AvgIpc) is 3.02. The lowest BCUT2D eigenvalue weighted by atomic mass is 10.1. The third-order valence-electron chi connectivity index (χ3n) is 4.02. The van der Waals surface area contributed by atoms with Crippen molar-refractivity contribution >= 4 is 27.3 Å². The van der Waals surface area contributed by atoms with Crippen LogP contribution in [0.4, 0.5) is 0 Å². The van der Waals surface area contributed by atoms with Crippen LogP contribution in [-0.4, -0.2) is 36.8 Å². The van der Waals surface area contributed by atoms with Crippen LogP contribution >= 0.6 is 11.3 Å². The number of thiazole rings is 1. The zero-order valence-corrected chi connectivity index (χ0v) is 18.0. The summed E-state index contributed by atoms with van der Waals surface area (Å²) >= 11 is 1.26. The quantitative estimate of drug-likeness (QED) is 0.618. The molecule has 0 aliphatic carbocycles. The van der Waals surface area contributed by atoms with Crippen LogP contribution in [0.25, 0.3) is 0 Å². The second-order valence-electron chi connectivity index (χ2n) is 6.41. The molecule has 0 unspecified atom stereocenters. The minimum atomic E-state index is -3.68. The van der Waals surface area contributed by atoms with E-state index >= 15 is 0 Å². The molecular formula is C19H26N2O4S2. The fourth-order valence-electron chi connectivity index (χ4n) is 3.07. The number of ether oxygens (including phenoxy) is 1. The smallest absolute Gasteiger partial charge is 0.357 e. The minimum absolute atomic E-state index is 0.132. The number of carbonyl (C=O) groups is 1. The first-order valence-electron chi connectivity index (χ1n) is 8.90. The van der Waals surface area contributed by atoms with E-state index in [1.165, 1.54) is 15.6 Å². The minimum Gasteiger partial charge on any atom is -0.461 e. The lowest BCUT2D eigenvalue weighted by Gasteiger charge is -2.23. The molecule has 8 heteroatoms. The summed E-state index contributed by atoms with van der Waals surface area (Å²) in [5.41, 5.74) is 2.72. The number of aromatic nitrogens is 1. The Labute approximate surface area is 165 Å². The Morgan fingerprint density at radius 3 is 2.37 bits per heavy atom. The molecule has 148 valence electrons. The van der Waals surface area contributed by atoms with Crippen LogP contribution in [0.1, 0.15) is 52.5 Å². The standard InChI is InChI=1S/C19H26N2O4S2/c1-6-8-21(11-17-20-16(12-26-17)19(22)25-7-2)27(23,24)18-14(4)9-13(3)10-15(18)5/h9-10,12H,6-8,11H2,1-5H3. The zero-order valence-electron chi connectivity index (χ0n) is 16.4. The molecule has 0 saturated heterocycles. The normalized spacial score (nSPS) is 11.8. The summed E-state index contributed by atoms with van der Waals surface area (Å²) in [6, 6.07) is 3.76. The molecule has 0 N–H and O–H groups in total. The van der Waals surface area contributed by atoms with E-state index in [1.807, 2.05) is 39.8 Å². The lowest BCUT2D eigenvalue weighted by molar-refractivity contribution is 0.0520. The molecule has 1 heterocycles. The van der Waals surface area contributed by atoms with Gasteiger partial charge in [0.25, 0.3) is 0 Å². The van der Waals surface area contributed by atoms with E-state index < -0.39 is 16.0 Å². The van der Waals surface area contributed by atoms with Gasteiger partial charge in [-0.3, -0.25) is 0 Å². The third kappa shape index (κ3) is 4.94. The SMILES string of the molecule is CCCN(Cc1nc(C(=O)OCC)cs1)S(=O)(=O)c1c(C)cc(C)cc1C. The highest BCUT2D eigenvalue weighted by atomic mass is 32.2. The Morgan fingerprint density at radius 2 is 1.81 bits per heavy atom. The van der Waals surface area contributed by atoms with Gasteiger partial charge in [0.2, 0.25) is 10.0 Å². The largest absolute Gasteiger partial charge is 0.461 e.